The number of nitrogens with zero attached hydrogens (tertiary/aromatic N) is 2. The Bertz CT molecular complexity index is 530. The summed E-state index contributed by atoms with van der Waals surface area (Å²) in [6, 6.07) is 9.51. The summed E-state index contributed by atoms with van der Waals surface area (Å²) >= 11 is 0. The number of hydrogen-bond acceptors (Lipinski definition) is 3. The highest BCUT2D eigenvalue weighted by molar-refractivity contribution is 6.00. The molecule has 1 heterocycles. The van der Waals surface area contributed by atoms with Gasteiger partial charge in [-0.15, -0.1) is 0 Å². The molecule has 0 radical (unpaired) electrons. The molecule has 0 fully saturated rings. The minimum atomic E-state index is -0.0948. The smallest absolute Gasteiger partial charge is 0.259 e. The lowest BCUT2D eigenvalue weighted by Crippen LogP contribution is -2.22. The van der Waals surface area contributed by atoms with E-state index in [4.69, 9.17) is 4.52 Å². The topological polar surface area (TPSA) is 46.3 Å². The van der Waals surface area contributed by atoms with Crippen molar-refractivity contribution < 1.29 is 9.32 Å². The quantitative estimate of drug-likeness (QED) is 0.795. The number of aromatic nitrogens is 1. The lowest BCUT2D eigenvalue weighted by molar-refractivity contribution is 0.0827. The van der Waals surface area contributed by atoms with Crippen molar-refractivity contribution in [1.29, 1.82) is 0 Å². The van der Waals surface area contributed by atoms with E-state index in [1.54, 1.807) is 21.0 Å². The third-order valence-corrected chi connectivity index (χ3v) is 2.52. The number of aryl methyl sites for hydroxylation is 1. The van der Waals surface area contributed by atoms with Gasteiger partial charge in [0.1, 0.15) is 5.56 Å². The number of benzene rings is 1. The molecular weight excluding hydrogens is 216 g/mol. The van der Waals surface area contributed by atoms with Crippen LogP contribution in [0.3, 0.4) is 0 Å². The van der Waals surface area contributed by atoms with Crippen molar-refractivity contribution in [1.82, 2.24) is 10.1 Å². The average molecular weight is 230 g/mol. The molecule has 0 atom stereocenters. The van der Waals surface area contributed by atoms with E-state index in [1.807, 2.05) is 30.3 Å². The van der Waals surface area contributed by atoms with E-state index < -0.39 is 0 Å². The molecule has 0 aliphatic carbocycles. The van der Waals surface area contributed by atoms with Crippen molar-refractivity contribution in [3.8, 4) is 11.3 Å². The van der Waals surface area contributed by atoms with E-state index in [1.165, 1.54) is 4.90 Å². The molecule has 0 saturated carbocycles. The molecule has 0 bridgehead atoms. The number of carbonyl (C=O) groups is 1. The molecule has 0 spiro atoms. The third kappa shape index (κ3) is 2.06. The second-order valence-corrected chi connectivity index (χ2v) is 4.04. The Morgan fingerprint density at radius 3 is 2.47 bits per heavy atom. The van der Waals surface area contributed by atoms with Gasteiger partial charge in [-0.3, -0.25) is 4.79 Å². The molecule has 1 aromatic heterocycles. The molecule has 4 heteroatoms. The standard InChI is InChI=1S/C13H14N2O2/c1-9-11(13(16)15(2)3)12(17-14-9)10-7-5-4-6-8-10/h4-8H,1-3H3. The van der Waals surface area contributed by atoms with Crippen LogP contribution in [0.25, 0.3) is 11.3 Å². The van der Waals surface area contributed by atoms with Crippen LogP contribution in [0.1, 0.15) is 16.1 Å². The van der Waals surface area contributed by atoms with E-state index in [0.717, 1.165) is 5.56 Å². The molecular formula is C13H14N2O2. The summed E-state index contributed by atoms with van der Waals surface area (Å²) in [5.74, 6) is 0.435. The first-order chi connectivity index (χ1) is 8.11. The molecule has 0 unspecified atom stereocenters. The van der Waals surface area contributed by atoms with Crippen LogP contribution < -0.4 is 0 Å². The van der Waals surface area contributed by atoms with E-state index in [9.17, 15) is 4.79 Å². The molecule has 1 aromatic carbocycles. The third-order valence-electron chi connectivity index (χ3n) is 2.52. The van der Waals surface area contributed by atoms with Gasteiger partial charge in [0.15, 0.2) is 5.76 Å². The van der Waals surface area contributed by atoms with Crippen LogP contribution in [-0.4, -0.2) is 30.1 Å². The first-order valence-electron chi connectivity index (χ1n) is 5.34. The van der Waals surface area contributed by atoms with Gasteiger partial charge in [0.05, 0.1) is 5.69 Å². The zero-order valence-corrected chi connectivity index (χ0v) is 10.1. The van der Waals surface area contributed by atoms with E-state index >= 15 is 0 Å². The Kier molecular flexibility index (Phi) is 2.95. The van der Waals surface area contributed by atoms with Gasteiger partial charge in [0.2, 0.25) is 0 Å². The van der Waals surface area contributed by atoms with Crippen LogP contribution in [0.2, 0.25) is 0 Å². The van der Waals surface area contributed by atoms with Crippen LogP contribution in [-0.2, 0) is 0 Å². The fourth-order valence-electron chi connectivity index (χ4n) is 1.63. The molecule has 2 rings (SSSR count). The number of carbonyl (C=O) groups excluding carboxylic acids is 1. The van der Waals surface area contributed by atoms with Crippen LogP contribution in [0, 0.1) is 6.92 Å². The Hall–Kier alpha value is -2.10. The Labute approximate surface area is 99.8 Å². The maximum Gasteiger partial charge on any atom is 0.259 e. The molecule has 0 N–H and O–H groups in total. The zero-order valence-electron chi connectivity index (χ0n) is 10.1. The molecule has 17 heavy (non-hydrogen) atoms. The first-order valence-corrected chi connectivity index (χ1v) is 5.34. The summed E-state index contributed by atoms with van der Waals surface area (Å²) in [5, 5.41) is 3.87. The summed E-state index contributed by atoms with van der Waals surface area (Å²) in [4.78, 5) is 13.6. The van der Waals surface area contributed by atoms with Crippen molar-refractivity contribution in [2.45, 2.75) is 6.92 Å². The molecule has 2 aromatic rings. The second-order valence-electron chi connectivity index (χ2n) is 4.04. The van der Waals surface area contributed by atoms with E-state index in [-0.39, 0.29) is 5.91 Å². The molecule has 0 aliphatic heterocycles. The van der Waals surface area contributed by atoms with E-state index in [2.05, 4.69) is 5.16 Å². The van der Waals surface area contributed by atoms with Crippen molar-refractivity contribution in [2.75, 3.05) is 14.1 Å². The van der Waals surface area contributed by atoms with Gasteiger partial charge in [0, 0.05) is 19.7 Å². The van der Waals surface area contributed by atoms with Crippen LogP contribution in [0.15, 0.2) is 34.9 Å². The Morgan fingerprint density at radius 2 is 1.88 bits per heavy atom. The van der Waals surface area contributed by atoms with Crippen LogP contribution in [0.5, 0.6) is 0 Å². The summed E-state index contributed by atoms with van der Waals surface area (Å²) in [6.45, 7) is 1.77. The highest BCUT2D eigenvalue weighted by Gasteiger charge is 2.22. The highest BCUT2D eigenvalue weighted by atomic mass is 16.5. The Morgan fingerprint density at radius 1 is 1.24 bits per heavy atom. The SMILES string of the molecule is Cc1noc(-c2ccccc2)c1C(=O)N(C)C. The van der Waals surface area contributed by atoms with Crippen LogP contribution in [0.4, 0.5) is 0 Å². The maximum atomic E-state index is 12.0. The summed E-state index contributed by atoms with van der Waals surface area (Å²) < 4.78 is 5.26. The fraction of sp³-hybridized carbons (Fsp3) is 0.231. The summed E-state index contributed by atoms with van der Waals surface area (Å²) in [7, 11) is 3.42. The minimum absolute atomic E-state index is 0.0948. The maximum absolute atomic E-state index is 12.0. The number of rotatable bonds is 2. The first kappa shape index (κ1) is 11.4. The van der Waals surface area contributed by atoms with Gasteiger partial charge in [-0.2, -0.15) is 0 Å². The van der Waals surface area contributed by atoms with Gasteiger partial charge in [-0.1, -0.05) is 35.5 Å². The lowest BCUT2D eigenvalue weighted by atomic mass is 10.1. The van der Waals surface area contributed by atoms with Gasteiger partial charge < -0.3 is 9.42 Å². The summed E-state index contributed by atoms with van der Waals surface area (Å²) in [6.07, 6.45) is 0. The lowest BCUT2D eigenvalue weighted by Gasteiger charge is -2.09. The van der Waals surface area contributed by atoms with Crippen molar-refractivity contribution in [3.63, 3.8) is 0 Å². The number of amides is 1. The molecule has 0 aliphatic rings. The Balaban J connectivity index is 2.54. The molecule has 88 valence electrons. The van der Waals surface area contributed by atoms with E-state index in [0.29, 0.717) is 17.0 Å². The molecule has 4 nitrogen and oxygen atoms in total. The summed E-state index contributed by atoms with van der Waals surface area (Å²) in [5.41, 5.74) is 2.00. The molecule has 0 saturated heterocycles. The van der Waals surface area contributed by atoms with Gasteiger partial charge in [0.25, 0.3) is 5.91 Å². The van der Waals surface area contributed by atoms with Crippen molar-refractivity contribution in [3.05, 3.63) is 41.6 Å². The fourth-order valence-corrected chi connectivity index (χ4v) is 1.63. The van der Waals surface area contributed by atoms with Crippen molar-refractivity contribution >= 4 is 5.91 Å². The van der Waals surface area contributed by atoms with Crippen molar-refractivity contribution in [2.24, 2.45) is 0 Å². The van der Waals surface area contributed by atoms with Gasteiger partial charge in [-0.25, -0.2) is 0 Å². The largest absolute Gasteiger partial charge is 0.355 e. The zero-order chi connectivity index (χ0) is 12.4. The minimum Gasteiger partial charge on any atom is -0.355 e. The molecule has 1 amide bonds. The normalized spacial score (nSPS) is 10.3. The highest BCUT2D eigenvalue weighted by Crippen LogP contribution is 2.26. The number of hydrogen-bond donors (Lipinski definition) is 0. The second kappa shape index (κ2) is 4.41. The predicted octanol–water partition coefficient (Wildman–Crippen LogP) is 2.35. The van der Waals surface area contributed by atoms with Gasteiger partial charge in [-0.05, 0) is 6.92 Å². The average Bonchev–Trinajstić information content (AvgIpc) is 2.71. The monoisotopic (exact) mass is 230 g/mol. The van der Waals surface area contributed by atoms with Gasteiger partial charge >= 0.3 is 0 Å². The van der Waals surface area contributed by atoms with Crippen LogP contribution >= 0.6 is 0 Å². The predicted molar refractivity (Wildman–Crippen MR) is 64.7 cm³/mol.